The highest BCUT2D eigenvalue weighted by Crippen LogP contribution is 2.27. The van der Waals surface area contributed by atoms with E-state index in [0.29, 0.717) is 0 Å². The molecule has 0 aliphatic heterocycles. The van der Waals surface area contributed by atoms with E-state index in [-0.39, 0.29) is 0 Å². The highest BCUT2D eigenvalue weighted by Gasteiger charge is 2.04. The van der Waals surface area contributed by atoms with Gasteiger partial charge in [0.1, 0.15) is 0 Å². The van der Waals surface area contributed by atoms with E-state index in [9.17, 15) is 0 Å². The lowest BCUT2D eigenvalue weighted by atomic mass is 10.1. The molecule has 0 atom stereocenters. The van der Waals surface area contributed by atoms with Crippen LogP contribution in [-0.4, -0.2) is 7.05 Å². The SMILES string of the molecule is CN(c1ccc(I)cc1)c1ccc2ccccc2c1. The molecule has 0 fully saturated rings. The van der Waals surface area contributed by atoms with Crippen LogP contribution in [0, 0.1) is 3.57 Å². The molecule has 0 aliphatic rings. The number of hydrogen-bond acceptors (Lipinski definition) is 1. The van der Waals surface area contributed by atoms with Gasteiger partial charge in [-0.3, -0.25) is 0 Å². The molecule has 0 aromatic heterocycles. The fourth-order valence-electron chi connectivity index (χ4n) is 2.20. The molecule has 0 aliphatic carbocycles. The van der Waals surface area contributed by atoms with E-state index in [1.54, 1.807) is 0 Å². The van der Waals surface area contributed by atoms with E-state index < -0.39 is 0 Å². The summed E-state index contributed by atoms with van der Waals surface area (Å²) in [4.78, 5) is 2.21. The van der Waals surface area contributed by atoms with Crippen molar-refractivity contribution in [3.8, 4) is 0 Å². The Bertz CT molecular complexity index is 704. The molecule has 2 heteroatoms. The fourth-order valence-corrected chi connectivity index (χ4v) is 2.56. The van der Waals surface area contributed by atoms with E-state index in [2.05, 4.69) is 101 Å². The smallest absolute Gasteiger partial charge is 0.0414 e. The third-order valence-electron chi connectivity index (χ3n) is 3.33. The maximum absolute atomic E-state index is 2.33. The second-order valence-corrected chi connectivity index (χ2v) is 5.81. The van der Waals surface area contributed by atoms with Crippen LogP contribution in [0.4, 0.5) is 11.4 Å². The van der Waals surface area contributed by atoms with Crippen LogP contribution in [0.2, 0.25) is 0 Å². The second kappa shape index (κ2) is 5.21. The second-order valence-electron chi connectivity index (χ2n) is 4.57. The Hall–Kier alpha value is -1.55. The summed E-state index contributed by atoms with van der Waals surface area (Å²) in [5.74, 6) is 0. The van der Waals surface area contributed by atoms with Crippen molar-refractivity contribution in [2.75, 3.05) is 11.9 Å². The van der Waals surface area contributed by atoms with Crippen LogP contribution in [0.15, 0.2) is 66.7 Å². The lowest BCUT2D eigenvalue weighted by Gasteiger charge is -2.20. The summed E-state index contributed by atoms with van der Waals surface area (Å²) in [6.45, 7) is 0. The van der Waals surface area contributed by atoms with Gasteiger partial charge >= 0.3 is 0 Å². The fraction of sp³-hybridized carbons (Fsp3) is 0.0588. The van der Waals surface area contributed by atoms with Gasteiger partial charge in [0.05, 0.1) is 0 Å². The first-order valence-corrected chi connectivity index (χ1v) is 7.30. The summed E-state index contributed by atoms with van der Waals surface area (Å²) in [5.41, 5.74) is 2.41. The Morgan fingerprint density at radius 1 is 0.737 bits per heavy atom. The van der Waals surface area contributed by atoms with E-state index in [4.69, 9.17) is 0 Å². The maximum Gasteiger partial charge on any atom is 0.0414 e. The van der Waals surface area contributed by atoms with E-state index in [1.165, 1.54) is 25.7 Å². The average molecular weight is 359 g/mol. The first-order valence-electron chi connectivity index (χ1n) is 6.22. The van der Waals surface area contributed by atoms with Crippen LogP contribution in [0.1, 0.15) is 0 Å². The van der Waals surface area contributed by atoms with Crippen molar-refractivity contribution in [1.82, 2.24) is 0 Å². The predicted octanol–water partition coefficient (Wildman–Crippen LogP) is 5.21. The van der Waals surface area contributed by atoms with Gasteiger partial charge in [0.15, 0.2) is 0 Å². The molecule has 0 spiro atoms. The number of hydrogen-bond donors (Lipinski definition) is 0. The molecule has 0 N–H and O–H groups in total. The van der Waals surface area contributed by atoms with Gasteiger partial charge in [-0.25, -0.2) is 0 Å². The molecule has 0 unspecified atom stereocenters. The first-order chi connectivity index (χ1) is 9.24. The van der Waals surface area contributed by atoms with Crippen LogP contribution in [-0.2, 0) is 0 Å². The van der Waals surface area contributed by atoms with Crippen molar-refractivity contribution in [3.05, 3.63) is 70.3 Å². The maximum atomic E-state index is 2.33. The van der Waals surface area contributed by atoms with Crippen molar-refractivity contribution >= 4 is 44.7 Å². The van der Waals surface area contributed by atoms with Crippen LogP contribution < -0.4 is 4.90 Å². The quantitative estimate of drug-likeness (QED) is 0.568. The lowest BCUT2D eigenvalue weighted by Crippen LogP contribution is -2.08. The van der Waals surface area contributed by atoms with Gasteiger partial charge in [-0.2, -0.15) is 0 Å². The van der Waals surface area contributed by atoms with Gasteiger partial charge in [-0.05, 0) is 69.8 Å². The standard InChI is InChI=1S/C17H14IN/c1-19(16-10-7-15(18)8-11-16)17-9-6-13-4-2-3-5-14(13)12-17/h2-12H,1H3. The average Bonchev–Trinajstić information content (AvgIpc) is 2.47. The van der Waals surface area contributed by atoms with Gasteiger partial charge in [-0.15, -0.1) is 0 Å². The summed E-state index contributed by atoms with van der Waals surface area (Å²) in [5, 5.41) is 2.56. The Balaban J connectivity index is 2.01. The molecule has 0 amide bonds. The number of halogens is 1. The first kappa shape index (κ1) is 12.5. The van der Waals surface area contributed by atoms with Gasteiger partial charge in [0.2, 0.25) is 0 Å². The Morgan fingerprint density at radius 2 is 1.37 bits per heavy atom. The summed E-state index contributed by atoms with van der Waals surface area (Å²) < 4.78 is 1.26. The number of nitrogens with zero attached hydrogens (tertiary/aromatic N) is 1. The summed E-state index contributed by atoms with van der Waals surface area (Å²) in [6.07, 6.45) is 0. The molecule has 3 rings (SSSR count). The predicted molar refractivity (Wildman–Crippen MR) is 91.2 cm³/mol. The molecule has 3 aromatic carbocycles. The molecule has 94 valence electrons. The van der Waals surface area contributed by atoms with E-state index >= 15 is 0 Å². The van der Waals surface area contributed by atoms with Crippen molar-refractivity contribution in [2.24, 2.45) is 0 Å². The van der Waals surface area contributed by atoms with Crippen molar-refractivity contribution in [2.45, 2.75) is 0 Å². The highest BCUT2D eigenvalue weighted by atomic mass is 127. The number of rotatable bonds is 2. The molecule has 0 radical (unpaired) electrons. The normalized spacial score (nSPS) is 10.6. The van der Waals surface area contributed by atoms with Crippen LogP contribution in [0.5, 0.6) is 0 Å². The van der Waals surface area contributed by atoms with Crippen molar-refractivity contribution in [3.63, 3.8) is 0 Å². The van der Waals surface area contributed by atoms with Crippen molar-refractivity contribution in [1.29, 1.82) is 0 Å². The molecule has 3 aromatic rings. The third-order valence-corrected chi connectivity index (χ3v) is 4.05. The van der Waals surface area contributed by atoms with E-state index in [0.717, 1.165) is 0 Å². The molecule has 0 heterocycles. The molecule has 1 nitrogen and oxygen atoms in total. The molecule has 0 bridgehead atoms. The van der Waals surface area contributed by atoms with Gasteiger partial charge in [-0.1, -0.05) is 30.3 Å². The Kier molecular flexibility index (Phi) is 3.42. The zero-order chi connectivity index (χ0) is 13.2. The molecular weight excluding hydrogens is 345 g/mol. The zero-order valence-corrected chi connectivity index (χ0v) is 12.8. The van der Waals surface area contributed by atoms with Crippen LogP contribution in [0.3, 0.4) is 0 Å². The summed E-state index contributed by atoms with van der Waals surface area (Å²) in [7, 11) is 2.10. The molecule has 19 heavy (non-hydrogen) atoms. The summed E-state index contributed by atoms with van der Waals surface area (Å²) in [6, 6.07) is 23.6. The van der Waals surface area contributed by atoms with Gasteiger partial charge in [0.25, 0.3) is 0 Å². The Labute approximate surface area is 127 Å². The molecular formula is C17H14IN. The minimum atomic E-state index is 1.20. The highest BCUT2D eigenvalue weighted by molar-refractivity contribution is 14.1. The molecule has 0 saturated carbocycles. The van der Waals surface area contributed by atoms with Gasteiger partial charge in [0, 0.05) is 22.0 Å². The van der Waals surface area contributed by atoms with Crippen LogP contribution >= 0.6 is 22.6 Å². The minimum Gasteiger partial charge on any atom is -0.345 e. The van der Waals surface area contributed by atoms with Crippen LogP contribution in [0.25, 0.3) is 10.8 Å². The number of benzene rings is 3. The van der Waals surface area contributed by atoms with E-state index in [1.807, 2.05) is 0 Å². The topological polar surface area (TPSA) is 3.24 Å². The van der Waals surface area contributed by atoms with Crippen molar-refractivity contribution < 1.29 is 0 Å². The minimum absolute atomic E-state index is 1.20. The lowest BCUT2D eigenvalue weighted by molar-refractivity contribution is 1.21. The monoisotopic (exact) mass is 359 g/mol. The zero-order valence-electron chi connectivity index (χ0n) is 10.7. The molecule has 0 saturated heterocycles. The largest absolute Gasteiger partial charge is 0.345 e. The summed E-state index contributed by atoms with van der Waals surface area (Å²) >= 11 is 2.33. The number of anilines is 2. The van der Waals surface area contributed by atoms with Gasteiger partial charge < -0.3 is 4.90 Å². The Morgan fingerprint density at radius 3 is 2.11 bits per heavy atom. The number of fused-ring (bicyclic) bond motifs is 1. The third kappa shape index (κ3) is 2.59.